The number of carbonyl (C=O) groups is 5. The van der Waals surface area contributed by atoms with Crippen LogP contribution in [-0.2, 0) is 25.6 Å². The van der Waals surface area contributed by atoms with Crippen molar-refractivity contribution in [3.05, 3.63) is 81.8 Å². The summed E-state index contributed by atoms with van der Waals surface area (Å²) < 4.78 is 7.88. The fraction of sp³-hybridized carbons (Fsp3) is 0.324. The van der Waals surface area contributed by atoms with Crippen LogP contribution in [0.2, 0.25) is 0 Å². The van der Waals surface area contributed by atoms with Crippen molar-refractivity contribution in [2.24, 2.45) is 0 Å². The van der Waals surface area contributed by atoms with Gasteiger partial charge in [0.15, 0.2) is 5.78 Å². The molecule has 0 atom stereocenters. The maximum Gasteiger partial charge on any atom is 0.414 e. The molecule has 0 bridgehead atoms. The molecule has 5 N–H and O–H groups in total. The van der Waals surface area contributed by atoms with Crippen molar-refractivity contribution in [3.63, 3.8) is 0 Å². The number of nitrogens with zero attached hydrogens (tertiary/aromatic N) is 2. The molecule has 15 heteroatoms. The van der Waals surface area contributed by atoms with Crippen LogP contribution in [0.4, 0.5) is 0 Å². The van der Waals surface area contributed by atoms with Gasteiger partial charge in [0.2, 0.25) is 0 Å². The molecule has 4 aromatic rings. The molecule has 276 valence electrons. The molecule has 2 saturated heterocycles. The number of fused-ring (bicyclic) bond motifs is 1. The van der Waals surface area contributed by atoms with Crippen molar-refractivity contribution in [1.29, 1.82) is 0 Å². The number of hydrogen-bond acceptors (Lipinski definition) is 10. The van der Waals surface area contributed by atoms with E-state index in [-0.39, 0.29) is 11.5 Å². The molecule has 0 spiro atoms. The molecule has 0 saturated carbocycles. The van der Waals surface area contributed by atoms with Gasteiger partial charge in [0, 0.05) is 43.7 Å². The number of thiophene rings is 1. The van der Waals surface area contributed by atoms with E-state index in [1.165, 1.54) is 68.8 Å². The molecule has 6 rings (SSSR count). The number of ketones is 1. The van der Waals surface area contributed by atoms with E-state index >= 15 is 0 Å². The molecule has 2 aliphatic heterocycles. The lowest BCUT2D eigenvalue weighted by Gasteiger charge is -2.15. The van der Waals surface area contributed by atoms with Gasteiger partial charge in [0.1, 0.15) is 18.1 Å². The van der Waals surface area contributed by atoms with E-state index < -0.39 is 23.9 Å². The smallest absolute Gasteiger partial charge is 0.414 e. The maximum absolute atomic E-state index is 14.1. The van der Waals surface area contributed by atoms with Crippen molar-refractivity contribution in [3.8, 4) is 21.9 Å². The van der Waals surface area contributed by atoms with Crippen LogP contribution in [0.1, 0.15) is 47.2 Å². The van der Waals surface area contributed by atoms with Crippen LogP contribution in [0.15, 0.2) is 65.1 Å². The van der Waals surface area contributed by atoms with E-state index in [0.717, 1.165) is 50.3 Å². The molecule has 1 aromatic heterocycles. The Morgan fingerprint density at radius 3 is 1.81 bits per heavy atom. The summed E-state index contributed by atoms with van der Waals surface area (Å²) >= 11 is 5.28. The summed E-state index contributed by atoms with van der Waals surface area (Å²) in [5.74, 6) is -6.27. The van der Waals surface area contributed by atoms with Crippen LogP contribution < -0.4 is 4.74 Å². The van der Waals surface area contributed by atoms with Crippen molar-refractivity contribution in [2.45, 2.75) is 32.1 Å². The molecule has 0 radical (unpaired) electrons. The molecule has 13 nitrogen and oxygen atoms in total. The minimum absolute atomic E-state index is 0.00956. The number of ether oxygens (including phenoxy) is 1. The van der Waals surface area contributed by atoms with E-state index in [2.05, 4.69) is 31.8 Å². The second-order valence-corrected chi connectivity index (χ2v) is 14.0. The average Bonchev–Trinajstić information content (AvgIpc) is 3.90. The van der Waals surface area contributed by atoms with E-state index in [1.807, 2.05) is 42.5 Å². The lowest BCUT2D eigenvalue weighted by Crippen LogP contribution is -2.25. The molecule has 2 fully saturated rings. The zero-order chi connectivity index (χ0) is 37.8. The summed E-state index contributed by atoms with van der Waals surface area (Å²) in [6.07, 6.45) is 6.11. The summed E-state index contributed by atoms with van der Waals surface area (Å²) in [6, 6.07) is 19.3. The summed E-state index contributed by atoms with van der Waals surface area (Å²) in [5.41, 5.74) is 3.54. The molecule has 0 amide bonds. The molecule has 52 heavy (non-hydrogen) atoms. The SMILES string of the molecule is O=C(O)C(=O)O.O=C(O)C(=O)O.O=C(c1ccc(CCN2CCCC2)c(Br)c1)c1c(-c2ccc(OCCN3CCCC3)cc2)sc2cc(O)ccc12. The molecular weight excluding hydrogens is 760 g/mol. The third kappa shape index (κ3) is 11.3. The van der Waals surface area contributed by atoms with Crippen molar-refractivity contribution in [2.75, 3.05) is 45.9 Å². The first-order chi connectivity index (χ1) is 24.8. The van der Waals surface area contributed by atoms with Gasteiger partial charge in [-0.1, -0.05) is 28.1 Å². The number of aliphatic carboxylic acids is 4. The largest absolute Gasteiger partial charge is 0.508 e. The first-order valence-corrected chi connectivity index (χ1v) is 18.1. The van der Waals surface area contributed by atoms with Crippen LogP contribution in [0.25, 0.3) is 20.5 Å². The first kappa shape index (κ1) is 39.9. The number of carboxylic acid groups (broad SMARTS) is 4. The van der Waals surface area contributed by atoms with Gasteiger partial charge < -0.3 is 35.2 Å². The summed E-state index contributed by atoms with van der Waals surface area (Å²) in [6.45, 7) is 7.37. The molecular formula is C37H39BrN2O11S. The third-order valence-electron chi connectivity index (χ3n) is 8.47. The van der Waals surface area contributed by atoms with Crippen molar-refractivity contribution in [1.82, 2.24) is 9.80 Å². The minimum Gasteiger partial charge on any atom is -0.508 e. The van der Waals surface area contributed by atoms with Crippen LogP contribution >= 0.6 is 27.3 Å². The third-order valence-corrected chi connectivity index (χ3v) is 10.4. The number of carboxylic acids is 4. The standard InChI is InChI=1S/C33H35BrN2O3S.2C2H2O4/c34-29-21-25(6-5-23(29)13-18-35-14-1-2-15-35)32(38)31-28-12-9-26(37)22-30(28)40-33(31)24-7-10-27(11-8-24)39-20-19-36-16-3-4-17-36;2*3-1(4)2(5)6/h5-12,21-22,37H,1-4,13-20H2;2*(H,3,4)(H,5,6). The summed E-state index contributed by atoms with van der Waals surface area (Å²) in [7, 11) is 0. The van der Waals surface area contributed by atoms with Gasteiger partial charge in [0.05, 0.1) is 0 Å². The number of phenolic OH excluding ortho intramolecular Hbond substituents is 1. The van der Waals surface area contributed by atoms with E-state index in [1.54, 1.807) is 12.1 Å². The Balaban J connectivity index is 0.000000436. The Kier molecular flexibility index (Phi) is 14.7. The van der Waals surface area contributed by atoms with Gasteiger partial charge in [-0.3, -0.25) is 9.69 Å². The van der Waals surface area contributed by atoms with Gasteiger partial charge in [-0.25, -0.2) is 19.2 Å². The quantitative estimate of drug-likeness (QED) is 0.0968. The number of carbonyl (C=O) groups excluding carboxylic acids is 1. The number of likely N-dealkylation sites (tertiary alicyclic amines) is 2. The summed E-state index contributed by atoms with van der Waals surface area (Å²) in [5, 5.41) is 40.6. The number of hydrogen-bond donors (Lipinski definition) is 5. The Labute approximate surface area is 311 Å². The van der Waals surface area contributed by atoms with Gasteiger partial charge in [-0.15, -0.1) is 11.3 Å². The molecule has 0 unspecified atom stereocenters. The van der Waals surface area contributed by atoms with Crippen molar-refractivity contribution < 1.29 is 54.2 Å². The predicted molar refractivity (Wildman–Crippen MR) is 198 cm³/mol. The van der Waals surface area contributed by atoms with Gasteiger partial charge in [0.25, 0.3) is 0 Å². The molecule has 0 aliphatic carbocycles. The second kappa shape index (κ2) is 19.1. The molecule has 3 heterocycles. The number of halogens is 1. The lowest BCUT2D eigenvalue weighted by molar-refractivity contribution is -0.159. The normalized spacial score (nSPS) is 14.2. The summed E-state index contributed by atoms with van der Waals surface area (Å²) in [4.78, 5) is 56.3. The van der Waals surface area contributed by atoms with Gasteiger partial charge in [-0.2, -0.15) is 0 Å². The van der Waals surface area contributed by atoms with E-state index in [0.29, 0.717) is 17.7 Å². The van der Waals surface area contributed by atoms with Gasteiger partial charge >= 0.3 is 23.9 Å². The highest BCUT2D eigenvalue weighted by atomic mass is 79.9. The Morgan fingerprint density at radius 1 is 0.712 bits per heavy atom. The number of benzene rings is 3. The Bertz CT molecular complexity index is 1850. The highest BCUT2D eigenvalue weighted by molar-refractivity contribution is 9.10. The number of phenols is 1. The van der Waals surface area contributed by atoms with Crippen LogP contribution in [0.5, 0.6) is 11.5 Å². The number of rotatable bonds is 10. The Morgan fingerprint density at radius 2 is 1.27 bits per heavy atom. The molecule has 3 aromatic carbocycles. The fourth-order valence-corrected chi connectivity index (χ4v) is 7.65. The first-order valence-electron chi connectivity index (χ1n) is 16.5. The van der Waals surface area contributed by atoms with Crippen LogP contribution in [-0.4, -0.2) is 111 Å². The predicted octanol–water partition coefficient (Wildman–Crippen LogP) is 5.69. The topological polar surface area (TPSA) is 202 Å². The highest BCUT2D eigenvalue weighted by Crippen LogP contribution is 2.41. The average molecular weight is 800 g/mol. The minimum atomic E-state index is -1.82. The lowest BCUT2D eigenvalue weighted by atomic mass is 9.96. The van der Waals surface area contributed by atoms with Crippen LogP contribution in [0.3, 0.4) is 0 Å². The zero-order valence-corrected chi connectivity index (χ0v) is 30.5. The molecule has 2 aliphatic rings. The highest BCUT2D eigenvalue weighted by Gasteiger charge is 2.23. The second-order valence-electron chi connectivity index (χ2n) is 12.1. The Hall–Kier alpha value is -4.83. The van der Waals surface area contributed by atoms with Crippen LogP contribution in [0, 0.1) is 0 Å². The maximum atomic E-state index is 14.1. The zero-order valence-electron chi connectivity index (χ0n) is 28.1. The number of aromatic hydroxyl groups is 1. The van der Waals surface area contributed by atoms with Crippen molar-refractivity contribution >= 4 is 67.0 Å². The van der Waals surface area contributed by atoms with E-state index in [9.17, 15) is 9.90 Å². The fourth-order valence-electron chi connectivity index (χ4n) is 5.84. The van der Waals surface area contributed by atoms with E-state index in [4.69, 9.17) is 44.3 Å². The monoisotopic (exact) mass is 798 g/mol. The van der Waals surface area contributed by atoms with Gasteiger partial charge in [-0.05, 0) is 118 Å².